The van der Waals surface area contributed by atoms with Crippen molar-refractivity contribution in [2.45, 2.75) is 59.0 Å². The van der Waals surface area contributed by atoms with Crippen molar-refractivity contribution in [2.24, 2.45) is 13.0 Å². The quantitative estimate of drug-likeness (QED) is 0.799. The molecule has 0 saturated carbocycles. The second kappa shape index (κ2) is 8.08. The molecule has 1 N–H and O–H groups in total. The van der Waals surface area contributed by atoms with E-state index >= 15 is 0 Å². The number of nitrogens with one attached hydrogen (secondary N) is 1. The standard InChI is InChI=1S/C17H27N5O2/c1-12(2)6-5-7-13(3)20-15(23)8-9-22-11-18-16-14(17(22)24)10-19-21(16)4/h10-13H,5-9H2,1-4H3,(H,20,23). The summed E-state index contributed by atoms with van der Waals surface area (Å²) in [6.07, 6.45) is 6.52. The van der Waals surface area contributed by atoms with E-state index in [1.165, 1.54) is 23.5 Å². The van der Waals surface area contributed by atoms with Crippen LogP contribution >= 0.6 is 0 Å². The molecule has 7 nitrogen and oxygen atoms in total. The number of fused-ring (bicyclic) bond motifs is 1. The van der Waals surface area contributed by atoms with Gasteiger partial charge in [0.1, 0.15) is 5.39 Å². The van der Waals surface area contributed by atoms with Gasteiger partial charge in [0.05, 0.1) is 12.5 Å². The third-order valence-corrected chi connectivity index (χ3v) is 4.12. The lowest BCUT2D eigenvalue weighted by Crippen LogP contribution is -2.34. The summed E-state index contributed by atoms with van der Waals surface area (Å²) in [5, 5.41) is 7.50. The van der Waals surface area contributed by atoms with Gasteiger partial charge in [-0.05, 0) is 19.3 Å². The largest absolute Gasteiger partial charge is 0.354 e. The van der Waals surface area contributed by atoms with Crippen molar-refractivity contribution in [3.8, 4) is 0 Å². The number of nitrogens with zero attached hydrogens (tertiary/aromatic N) is 4. The van der Waals surface area contributed by atoms with E-state index < -0.39 is 0 Å². The van der Waals surface area contributed by atoms with Crippen LogP contribution in [-0.4, -0.2) is 31.3 Å². The van der Waals surface area contributed by atoms with E-state index in [0.29, 0.717) is 23.5 Å². The zero-order chi connectivity index (χ0) is 17.7. The first-order valence-corrected chi connectivity index (χ1v) is 8.55. The Morgan fingerprint density at radius 2 is 2.04 bits per heavy atom. The molecule has 1 amide bonds. The molecule has 2 aromatic heterocycles. The van der Waals surface area contributed by atoms with Crippen LogP contribution in [0.25, 0.3) is 11.0 Å². The smallest absolute Gasteiger partial charge is 0.264 e. The van der Waals surface area contributed by atoms with Gasteiger partial charge in [-0.15, -0.1) is 0 Å². The first kappa shape index (κ1) is 18.2. The average Bonchev–Trinajstić information content (AvgIpc) is 2.88. The maximum absolute atomic E-state index is 12.3. The second-order valence-corrected chi connectivity index (χ2v) is 6.79. The van der Waals surface area contributed by atoms with Crippen LogP contribution in [0.4, 0.5) is 0 Å². The van der Waals surface area contributed by atoms with Crippen molar-refractivity contribution in [2.75, 3.05) is 0 Å². The summed E-state index contributed by atoms with van der Waals surface area (Å²) in [4.78, 5) is 28.6. The minimum atomic E-state index is -0.161. The molecule has 1 unspecified atom stereocenters. The summed E-state index contributed by atoms with van der Waals surface area (Å²) in [6.45, 7) is 6.75. The van der Waals surface area contributed by atoms with Crippen LogP contribution in [-0.2, 0) is 18.4 Å². The molecule has 0 aliphatic rings. The number of carbonyl (C=O) groups excluding carboxylic acids is 1. The molecule has 2 heterocycles. The van der Waals surface area contributed by atoms with Gasteiger partial charge in [0.2, 0.25) is 5.91 Å². The van der Waals surface area contributed by atoms with E-state index in [0.717, 1.165) is 12.8 Å². The van der Waals surface area contributed by atoms with E-state index in [4.69, 9.17) is 0 Å². The molecular weight excluding hydrogens is 306 g/mol. The summed E-state index contributed by atoms with van der Waals surface area (Å²) in [5.41, 5.74) is 0.394. The number of aryl methyl sites for hydroxylation is 2. The molecule has 0 bridgehead atoms. The molecule has 0 saturated heterocycles. The van der Waals surface area contributed by atoms with Gasteiger partial charge in [-0.3, -0.25) is 18.8 Å². The molecule has 0 spiro atoms. The van der Waals surface area contributed by atoms with E-state index in [9.17, 15) is 9.59 Å². The first-order valence-electron chi connectivity index (χ1n) is 8.55. The van der Waals surface area contributed by atoms with Crippen LogP contribution in [0, 0.1) is 5.92 Å². The van der Waals surface area contributed by atoms with Crippen molar-refractivity contribution in [3.05, 3.63) is 22.9 Å². The van der Waals surface area contributed by atoms with Gasteiger partial charge in [0.25, 0.3) is 5.56 Å². The fourth-order valence-corrected chi connectivity index (χ4v) is 2.70. The summed E-state index contributed by atoms with van der Waals surface area (Å²) >= 11 is 0. The number of aromatic nitrogens is 4. The highest BCUT2D eigenvalue weighted by molar-refractivity contribution is 5.76. The third kappa shape index (κ3) is 4.66. The molecule has 2 aromatic rings. The van der Waals surface area contributed by atoms with E-state index in [1.54, 1.807) is 11.7 Å². The van der Waals surface area contributed by atoms with Crippen molar-refractivity contribution in [1.82, 2.24) is 24.6 Å². The van der Waals surface area contributed by atoms with Crippen molar-refractivity contribution >= 4 is 16.9 Å². The molecular formula is C17H27N5O2. The predicted octanol–water partition coefficient (Wildman–Crippen LogP) is 1.85. The first-order chi connectivity index (χ1) is 11.4. The lowest BCUT2D eigenvalue weighted by molar-refractivity contribution is -0.121. The highest BCUT2D eigenvalue weighted by atomic mass is 16.2. The van der Waals surface area contributed by atoms with Crippen LogP contribution in [0.2, 0.25) is 0 Å². The summed E-state index contributed by atoms with van der Waals surface area (Å²) in [5.74, 6) is 0.653. The van der Waals surface area contributed by atoms with E-state index in [1.807, 2.05) is 6.92 Å². The summed E-state index contributed by atoms with van der Waals surface area (Å²) in [6, 6.07) is 0.159. The van der Waals surface area contributed by atoms with Crippen LogP contribution in [0.3, 0.4) is 0 Å². The molecule has 0 radical (unpaired) electrons. The number of amides is 1. The topological polar surface area (TPSA) is 81.8 Å². The zero-order valence-corrected chi connectivity index (χ0v) is 15.0. The van der Waals surface area contributed by atoms with Crippen LogP contribution < -0.4 is 10.9 Å². The monoisotopic (exact) mass is 333 g/mol. The number of hydrogen-bond donors (Lipinski definition) is 1. The highest BCUT2D eigenvalue weighted by Gasteiger charge is 2.11. The Labute approximate surface area is 142 Å². The number of carbonyl (C=O) groups is 1. The van der Waals surface area contributed by atoms with Crippen molar-refractivity contribution in [3.63, 3.8) is 0 Å². The molecule has 0 fully saturated rings. The molecule has 132 valence electrons. The van der Waals surface area contributed by atoms with Crippen molar-refractivity contribution in [1.29, 1.82) is 0 Å². The molecule has 1 atom stereocenters. The van der Waals surface area contributed by atoms with Gasteiger partial charge in [-0.25, -0.2) is 4.98 Å². The second-order valence-electron chi connectivity index (χ2n) is 6.79. The van der Waals surface area contributed by atoms with Crippen LogP contribution in [0.15, 0.2) is 17.3 Å². The highest BCUT2D eigenvalue weighted by Crippen LogP contribution is 2.08. The Balaban J connectivity index is 1.85. The van der Waals surface area contributed by atoms with Crippen LogP contribution in [0.1, 0.15) is 46.5 Å². The third-order valence-electron chi connectivity index (χ3n) is 4.12. The van der Waals surface area contributed by atoms with Gasteiger partial charge >= 0.3 is 0 Å². The molecule has 24 heavy (non-hydrogen) atoms. The maximum Gasteiger partial charge on any atom is 0.264 e. The molecule has 2 rings (SSSR count). The van der Waals surface area contributed by atoms with Gasteiger partial charge in [0, 0.05) is 26.1 Å². The molecule has 0 aliphatic carbocycles. The predicted molar refractivity (Wildman–Crippen MR) is 93.7 cm³/mol. The Hall–Kier alpha value is -2.18. The molecule has 7 heteroatoms. The normalized spacial score (nSPS) is 12.7. The Morgan fingerprint density at radius 3 is 2.75 bits per heavy atom. The van der Waals surface area contributed by atoms with Gasteiger partial charge in [0.15, 0.2) is 5.65 Å². The number of hydrogen-bond acceptors (Lipinski definition) is 4. The Kier molecular flexibility index (Phi) is 6.11. The summed E-state index contributed by atoms with van der Waals surface area (Å²) in [7, 11) is 1.74. The fraction of sp³-hybridized carbons (Fsp3) is 0.647. The van der Waals surface area contributed by atoms with E-state index in [2.05, 4.69) is 29.2 Å². The zero-order valence-electron chi connectivity index (χ0n) is 15.0. The molecule has 0 aliphatic heterocycles. The Bertz CT molecular complexity index is 747. The lowest BCUT2D eigenvalue weighted by Gasteiger charge is -2.14. The van der Waals surface area contributed by atoms with Crippen molar-refractivity contribution < 1.29 is 4.79 Å². The minimum Gasteiger partial charge on any atom is -0.354 e. The SMILES string of the molecule is CC(C)CCCC(C)NC(=O)CCn1cnc2c(cnn2C)c1=O. The summed E-state index contributed by atoms with van der Waals surface area (Å²) < 4.78 is 3.03. The molecule has 0 aromatic carbocycles. The minimum absolute atomic E-state index is 0.0368. The maximum atomic E-state index is 12.3. The van der Waals surface area contributed by atoms with E-state index in [-0.39, 0.29) is 23.9 Å². The van der Waals surface area contributed by atoms with Gasteiger partial charge < -0.3 is 5.32 Å². The lowest BCUT2D eigenvalue weighted by atomic mass is 10.0. The van der Waals surface area contributed by atoms with Gasteiger partial charge in [-0.1, -0.05) is 26.7 Å². The van der Waals surface area contributed by atoms with Gasteiger partial charge in [-0.2, -0.15) is 5.10 Å². The van der Waals surface area contributed by atoms with Crippen LogP contribution in [0.5, 0.6) is 0 Å². The Morgan fingerprint density at radius 1 is 1.29 bits per heavy atom. The fourth-order valence-electron chi connectivity index (χ4n) is 2.70. The average molecular weight is 333 g/mol. The number of rotatable bonds is 8.